The number of nitro groups is 1. The lowest BCUT2D eigenvalue weighted by Crippen LogP contribution is -2.46. The Bertz CT molecular complexity index is 960. The Balaban J connectivity index is 1.57. The van der Waals surface area contributed by atoms with Gasteiger partial charge in [-0.1, -0.05) is 18.2 Å². The van der Waals surface area contributed by atoms with Gasteiger partial charge >= 0.3 is 0 Å². The van der Waals surface area contributed by atoms with Crippen molar-refractivity contribution < 1.29 is 19.2 Å². The first-order valence-electron chi connectivity index (χ1n) is 9.90. The van der Waals surface area contributed by atoms with Gasteiger partial charge in [-0.3, -0.25) is 19.7 Å². The third-order valence-electron chi connectivity index (χ3n) is 5.21. The quantitative estimate of drug-likeness (QED) is 0.429. The summed E-state index contributed by atoms with van der Waals surface area (Å²) in [5.74, 6) is 0.271. The van der Waals surface area contributed by atoms with Crippen LogP contribution in [0.1, 0.15) is 34.3 Å². The second kappa shape index (κ2) is 9.39. The van der Waals surface area contributed by atoms with Gasteiger partial charge in [0.05, 0.1) is 11.5 Å². The van der Waals surface area contributed by atoms with Gasteiger partial charge in [0, 0.05) is 23.7 Å². The van der Waals surface area contributed by atoms with E-state index < -0.39 is 11.0 Å². The van der Waals surface area contributed by atoms with E-state index in [4.69, 9.17) is 4.74 Å². The highest BCUT2D eigenvalue weighted by Gasteiger charge is 2.34. The van der Waals surface area contributed by atoms with E-state index in [1.807, 2.05) is 31.2 Å². The van der Waals surface area contributed by atoms with Crippen LogP contribution in [0.25, 0.3) is 0 Å². The molecule has 1 fully saturated rings. The molecule has 1 N–H and O–H groups in total. The lowest BCUT2D eigenvalue weighted by Gasteiger charge is -2.24. The molecule has 0 spiro atoms. The van der Waals surface area contributed by atoms with Gasteiger partial charge in [0.25, 0.3) is 11.6 Å². The number of ether oxygens (including phenoxy) is 1. The number of benzene rings is 2. The number of amides is 2. The maximum absolute atomic E-state index is 12.9. The highest BCUT2D eigenvalue weighted by Crippen LogP contribution is 2.24. The Morgan fingerprint density at radius 3 is 2.67 bits per heavy atom. The largest absolute Gasteiger partial charge is 0.491 e. The normalized spacial score (nSPS) is 15.7. The highest BCUT2D eigenvalue weighted by molar-refractivity contribution is 5.98. The molecule has 2 aromatic carbocycles. The molecule has 0 aliphatic carbocycles. The van der Waals surface area contributed by atoms with Crippen molar-refractivity contribution in [2.45, 2.75) is 32.7 Å². The summed E-state index contributed by atoms with van der Waals surface area (Å²) < 4.78 is 5.69. The smallest absolute Gasteiger partial charge is 0.272 e. The summed E-state index contributed by atoms with van der Waals surface area (Å²) in [6.45, 7) is 4.70. The summed E-state index contributed by atoms with van der Waals surface area (Å²) in [7, 11) is 0. The van der Waals surface area contributed by atoms with E-state index in [1.54, 1.807) is 6.92 Å². The minimum atomic E-state index is -0.550. The van der Waals surface area contributed by atoms with Crippen molar-refractivity contribution in [2.75, 3.05) is 19.7 Å². The Kier molecular flexibility index (Phi) is 6.66. The first-order chi connectivity index (χ1) is 14.4. The summed E-state index contributed by atoms with van der Waals surface area (Å²) in [5.41, 5.74) is 1.76. The zero-order chi connectivity index (χ0) is 21.7. The molecule has 8 nitrogen and oxygen atoms in total. The number of nitro benzene ring substituents is 1. The van der Waals surface area contributed by atoms with Crippen molar-refractivity contribution in [1.29, 1.82) is 0 Å². The number of hydrogen-bond acceptors (Lipinski definition) is 5. The lowest BCUT2D eigenvalue weighted by molar-refractivity contribution is -0.385. The first kappa shape index (κ1) is 21.3. The Morgan fingerprint density at radius 1 is 1.20 bits per heavy atom. The number of rotatable bonds is 7. The van der Waals surface area contributed by atoms with Crippen LogP contribution in [0.15, 0.2) is 42.5 Å². The summed E-state index contributed by atoms with van der Waals surface area (Å²) in [6, 6.07) is 11.4. The first-order valence-corrected chi connectivity index (χ1v) is 9.90. The maximum Gasteiger partial charge on any atom is 0.272 e. The van der Waals surface area contributed by atoms with Gasteiger partial charge in [-0.25, -0.2) is 0 Å². The maximum atomic E-state index is 12.9. The SMILES string of the molecule is Cc1ccccc1OCCNC(=O)C1CCCN1C(=O)c1ccc([N+](=O)[O-])c(C)c1. The molecular weight excluding hydrogens is 386 g/mol. The molecule has 1 aliphatic rings. The number of nitrogens with zero attached hydrogens (tertiary/aromatic N) is 2. The predicted octanol–water partition coefficient (Wildman–Crippen LogP) is 3.01. The van der Waals surface area contributed by atoms with Crippen LogP contribution in [0.5, 0.6) is 5.75 Å². The van der Waals surface area contributed by atoms with E-state index >= 15 is 0 Å². The van der Waals surface area contributed by atoms with Crippen molar-refractivity contribution in [3.63, 3.8) is 0 Å². The van der Waals surface area contributed by atoms with Crippen LogP contribution in [0.3, 0.4) is 0 Å². The molecule has 3 rings (SSSR count). The Morgan fingerprint density at radius 2 is 1.97 bits per heavy atom. The summed E-state index contributed by atoms with van der Waals surface area (Å²) >= 11 is 0. The van der Waals surface area contributed by atoms with Crippen molar-refractivity contribution in [1.82, 2.24) is 10.2 Å². The van der Waals surface area contributed by atoms with Gasteiger partial charge < -0.3 is 15.0 Å². The molecule has 2 aromatic rings. The molecule has 1 saturated heterocycles. The van der Waals surface area contributed by atoms with Crippen LogP contribution in [0.4, 0.5) is 5.69 Å². The second-order valence-electron chi connectivity index (χ2n) is 7.32. The van der Waals surface area contributed by atoms with Crippen molar-refractivity contribution >= 4 is 17.5 Å². The zero-order valence-electron chi connectivity index (χ0n) is 17.1. The van der Waals surface area contributed by atoms with Gasteiger partial charge in [-0.15, -0.1) is 0 Å². The summed E-state index contributed by atoms with van der Waals surface area (Å²) in [6.07, 6.45) is 1.32. The molecule has 1 aliphatic heterocycles. The fourth-order valence-electron chi connectivity index (χ4n) is 3.61. The van der Waals surface area contributed by atoms with Crippen molar-refractivity contribution in [3.05, 3.63) is 69.3 Å². The third kappa shape index (κ3) is 4.76. The lowest BCUT2D eigenvalue weighted by atomic mass is 10.1. The number of carbonyl (C=O) groups excluding carboxylic acids is 2. The van der Waals surface area contributed by atoms with E-state index in [0.29, 0.717) is 37.2 Å². The van der Waals surface area contributed by atoms with E-state index in [-0.39, 0.29) is 17.5 Å². The van der Waals surface area contributed by atoms with Gasteiger partial charge in [0.1, 0.15) is 18.4 Å². The monoisotopic (exact) mass is 411 g/mol. The number of aryl methyl sites for hydroxylation is 2. The standard InChI is InChI=1S/C22H25N3O5/c1-15-6-3-4-8-20(15)30-13-11-23-21(26)19-7-5-12-24(19)22(27)17-9-10-18(25(28)29)16(2)14-17/h3-4,6,8-10,14,19H,5,7,11-13H2,1-2H3,(H,23,26). The average Bonchev–Trinajstić information content (AvgIpc) is 3.21. The molecule has 8 heteroatoms. The van der Waals surface area contributed by atoms with Gasteiger partial charge in [0.2, 0.25) is 5.91 Å². The van der Waals surface area contributed by atoms with Crippen LogP contribution in [0.2, 0.25) is 0 Å². The molecule has 0 aromatic heterocycles. The van der Waals surface area contributed by atoms with Crippen LogP contribution in [-0.4, -0.2) is 47.4 Å². The number of nitrogens with one attached hydrogen (secondary N) is 1. The molecule has 2 amide bonds. The topological polar surface area (TPSA) is 102 Å². The fourth-order valence-corrected chi connectivity index (χ4v) is 3.61. The summed E-state index contributed by atoms with van der Waals surface area (Å²) in [5, 5.41) is 13.8. The Labute approximate surface area is 175 Å². The molecule has 158 valence electrons. The van der Waals surface area contributed by atoms with Gasteiger partial charge in [0.15, 0.2) is 0 Å². The summed E-state index contributed by atoms with van der Waals surface area (Å²) in [4.78, 5) is 37.6. The molecule has 1 unspecified atom stereocenters. The molecule has 0 bridgehead atoms. The molecule has 0 saturated carbocycles. The van der Waals surface area contributed by atoms with Crippen LogP contribution in [-0.2, 0) is 4.79 Å². The van der Waals surface area contributed by atoms with E-state index in [1.165, 1.54) is 23.1 Å². The molecule has 0 radical (unpaired) electrons. The van der Waals surface area contributed by atoms with E-state index in [2.05, 4.69) is 5.32 Å². The fraction of sp³-hybridized carbons (Fsp3) is 0.364. The third-order valence-corrected chi connectivity index (χ3v) is 5.21. The number of hydrogen-bond donors (Lipinski definition) is 1. The van der Waals surface area contributed by atoms with Crippen molar-refractivity contribution in [2.24, 2.45) is 0 Å². The number of likely N-dealkylation sites (tertiary alicyclic amines) is 1. The number of para-hydroxylation sites is 1. The van der Waals surface area contributed by atoms with Gasteiger partial charge in [-0.2, -0.15) is 0 Å². The predicted molar refractivity (Wildman–Crippen MR) is 112 cm³/mol. The molecular formula is C22H25N3O5. The molecule has 1 atom stereocenters. The molecule has 30 heavy (non-hydrogen) atoms. The average molecular weight is 411 g/mol. The molecule has 1 heterocycles. The zero-order valence-corrected chi connectivity index (χ0v) is 17.1. The van der Waals surface area contributed by atoms with Gasteiger partial charge in [-0.05, 0) is 50.5 Å². The second-order valence-corrected chi connectivity index (χ2v) is 7.32. The Hall–Kier alpha value is -3.42. The van der Waals surface area contributed by atoms with Crippen LogP contribution in [0, 0.1) is 24.0 Å². The van der Waals surface area contributed by atoms with E-state index in [0.717, 1.165) is 17.7 Å². The van der Waals surface area contributed by atoms with Crippen LogP contribution < -0.4 is 10.1 Å². The minimum absolute atomic E-state index is 0.0316. The number of carbonyl (C=O) groups is 2. The minimum Gasteiger partial charge on any atom is -0.491 e. The highest BCUT2D eigenvalue weighted by atomic mass is 16.6. The van der Waals surface area contributed by atoms with Crippen LogP contribution >= 0.6 is 0 Å². The van der Waals surface area contributed by atoms with E-state index in [9.17, 15) is 19.7 Å². The van der Waals surface area contributed by atoms with Crippen molar-refractivity contribution in [3.8, 4) is 5.75 Å².